The van der Waals surface area contributed by atoms with E-state index in [4.69, 9.17) is 0 Å². The molecule has 0 saturated heterocycles. The Labute approximate surface area is 91.9 Å². The molecule has 4 heteroatoms. The number of rotatable bonds is 1. The van der Waals surface area contributed by atoms with Gasteiger partial charge in [-0.3, -0.25) is 0 Å². The molecule has 0 N–H and O–H groups in total. The molecular weight excluding hydrogens is 221 g/mol. The normalized spacial score (nSPS) is 19.0. The quantitative estimate of drug-likeness (QED) is 0.694. The molecule has 0 spiro atoms. The van der Waals surface area contributed by atoms with Crippen LogP contribution in [0.1, 0.15) is 30.9 Å². The van der Waals surface area contributed by atoms with Crippen molar-refractivity contribution in [1.82, 2.24) is 0 Å². The standard InChI is InChI=1S/C11H11F3S/c1-10(2-3-10)7-4-8(11(12,13)14)6-9(15)5-7/h4-6,15H,2-3H2,1H3. The molecule has 0 nitrogen and oxygen atoms in total. The Hall–Kier alpha value is -0.640. The summed E-state index contributed by atoms with van der Waals surface area (Å²) < 4.78 is 37.6. The summed E-state index contributed by atoms with van der Waals surface area (Å²) in [5, 5.41) is 0. The highest BCUT2D eigenvalue weighted by atomic mass is 32.1. The van der Waals surface area contributed by atoms with Crippen molar-refractivity contribution in [2.45, 2.75) is 36.3 Å². The van der Waals surface area contributed by atoms with Crippen LogP contribution in [-0.2, 0) is 11.6 Å². The Kier molecular flexibility index (Phi) is 2.30. The van der Waals surface area contributed by atoms with Crippen molar-refractivity contribution >= 4 is 12.6 Å². The zero-order valence-electron chi connectivity index (χ0n) is 8.23. The maximum absolute atomic E-state index is 12.5. The molecule has 15 heavy (non-hydrogen) atoms. The molecule has 0 heterocycles. The third-order valence-corrected chi connectivity index (χ3v) is 3.20. The van der Waals surface area contributed by atoms with Gasteiger partial charge in [-0.15, -0.1) is 12.6 Å². The van der Waals surface area contributed by atoms with E-state index in [2.05, 4.69) is 12.6 Å². The maximum Gasteiger partial charge on any atom is 0.416 e. The van der Waals surface area contributed by atoms with E-state index in [0.29, 0.717) is 4.90 Å². The molecule has 82 valence electrons. The molecule has 2 rings (SSSR count). The average molecular weight is 232 g/mol. The van der Waals surface area contributed by atoms with Crippen molar-refractivity contribution in [2.24, 2.45) is 0 Å². The Morgan fingerprint density at radius 1 is 1.20 bits per heavy atom. The first-order valence-electron chi connectivity index (χ1n) is 4.73. The van der Waals surface area contributed by atoms with Gasteiger partial charge in [-0.2, -0.15) is 13.2 Å². The summed E-state index contributed by atoms with van der Waals surface area (Å²) in [7, 11) is 0. The molecule has 1 saturated carbocycles. The Morgan fingerprint density at radius 3 is 2.27 bits per heavy atom. The first-order chi connectivity index (χ1) is 6.81. The van der Waals surface area contributed by atoms with Crippen molar-refractivity contribution in [3.63, 3.8) is 0 Å². The number of hydrogen-bond acceptors (Lipinski definition) is 1. The monoisotopic (exact) mass is 232 g/mol. The van der Waals surface area contributed by atoms with Crippen molar-refractivity contribution in [3.05, 3.63) is 29.3 Å². The van der Waals surface area contributed by atoms with Gasteiger partial charge in [0.1, 0.15) is 0 Å². The fourth-order valence-electron chi connectivity index (χ4n) is 1.60. The minimum Gasteiger partial charge on any atom is -0.166 e. The van der Waals surface area contributed by atoms with Crippen LogP contribution >= 0.6 is 12.6 Å². The number of benzene rings is 1. The van der Waals surface area contributed by atoms with Crippen molar-refractivity contribution in [2.75, 3.05) is 0 Å². The molecule has 1 fully saturated rings. The van der Waals surface area contributed by atoms with E-state index in [1.807, 2.05) is 6.92 Å². The van der Waals surface area contributed by atoms with E-state index in [1.165, 1.54) is 6.07 Å². The summed E-state index contributed by atoms with van der Waals surface area (Å²) in [6.45, 7) is 1.98. The fourth-order valence-corrected chi connectivity index (χ4v) is 1.88. The Bertz CT molecular complexity index is 368. The second-order valence-corrected chi connectivity index (χ2v) is 4.84. The van der Waals surface area contributed by atoms with E-state index in [1.54, 1.807) is 6.07 Å². The van der Waals surface area contributed by atoms with E-state index < -0.39 is 11.7 Å². The summed E-state index contributed by atoms with van der Waals surface area (Å²) in [5.74, 6) is 0. The predicted molar refractivity (Wildman–Crippen MR) is 55.3 cm³/mol. The second-order valence-electron chi connectivity index (χ2n) is 4.33. The number of thiol groups is 1. The highest BCUT2D eigenvalue weighted by molar-refractivity contribution is 7.80. The number of alkyl halides is 3. The summed E-state index contributed by atoms with van der Waals surface area (Å²) >= 11 is 4.02. The van der Waals surface area contributed by atoms with Gasteiger partial charge in [0.05, 0.1) is 5.56 Å². The minimum atomic E-state index is -4.28. The first-order valence-corrected chi connectivity index (χ1v) is 5.18. The van der Waals surface area contributed by atoms with E-state index in [-0.39, 0.29) is 5.41 Å². The average Bonchev–Trinajstić information content (AvgIpc) is 2.82. The van der Waals surface area contributed by atoms with Gasteiger partial charge < -0.3 is 0 Å². The van der Waals surface area contributed by atoms with Gasteiger partial charge in [-0.1, -0.05) is 6.92 Å². The fraction of sp³-hybridized carbons (Fsp3) is 0.455. The molecule has 0 bridgehead atoms. The molecule has 1 aromatic rings. The highest BCUT2D eigenvalue weighted by Crippen LogP contribution is 2.49. The third kappa shape index (κ3) is 2.14. The minimum absolute atomic E-state index is 0.0568. The third-order valence-electron chi connectivity index (χ3n) is 2.94. The SMILES string of the molecule is CC1(c2cc(S)cc(C(F)(F)F)c2)CC1. The zero-order chi connectivity index (χ0) is 11.3. The maximum atomic E-state index is 12.5. The molecule has 1 aromatic carbocycles. The van der Waals surface area contributed by atoms with Gasteiger partial charge in [-0.05, 0) is 42.0 Å². The van der Waals surface area contributed by atoms with Crippen LogP contribution < -0.4 is 0 Å². The molecule has 0 unspecified atom stereocenters. The van der Waals surface area contributed by atoms with Gasteiger partial charge in [-0.25, -0.2) is 0 Å². The smallest absolute Gasteiger partial charge is 0.166 e. The Balaban J connectivity index is 2.46. The van der Waals surface area contributed by atoms with E-state index in [0.717, 1.165) is 24.5 Å². The van der Waals surface area contributed by atoms with Crippen molar-refractivity contribution < 1.29 is 13.2 Å². The van der Waals surface area contributed by atoms with Crippen LogP contribution in [-0.4, -0.2) is 0 Å². The second kappa shape index (κ2) is 3.17. The van der Waals surface area contributed by atoms with Gasteiger partial charge in [0.25, 0.3) is 0 Å². The lowest BCUT2D eigenvalue weighted by Crippen LogP contribution is -2.08. The van der Waals surface area contributed by atoms with Crippen LogP contribution in [0.5, 0.6) is 0 Å². The van der Waals surface area contributed by atoms with Crippen LogP contribution in [0.25, 0.3) is 0 Å². The van der Waals surface area contributed by atoms with Crippen LogP contribution in [0.4, 0.5) is 13.2 Å². The topological polar surface area (TPSA) is 0 Å². The molecule has 0 aromatic heterocycles. The number of halogens is 3. The molecule has 0 amide bonds. The Morgan fingerprint density at radius 2 is 1.80 bits per heavy atom. The zero-order valence-corrected chi connectivity index (χ0v) is 9.12. The summed E-state index contributed by atoms with van der Waals surface area (Å²) in [6, 6.07) is 4.04. The van der Waals surface area contributed by atoms with Crippen LogP contribution in [0, 0.1) is 0 Å². The molecule has 0 radical (unpaired) electrons. The molecule has 0 atom stereocenters. The van der Waals surface area contributed by atoms with Gasteiger partial charge in [0.2, 0.25) is 0 Å². The van der Waals surface area contributed by atoms with E-state index in [9.17, 15) is 13.2 Å². The van der Waals surface area contributed by atoms with Crippen LogP contribution in [0.3, 0.4) is 0 Å². The lowest BCUT2D eigenvalue weighted by Gasteiger charge is -2.14. The lowest BCUT2D eigenvalue weighted by atomic mass is 9.96. The van der Waals surface area contributed by atoms with Crippen LogP contribution in [0.15, 0.2) is 23.1 Å². The predicted octanol–water partition coefficient (Wildman–Crippen LogP) is 4.05. The molecule has 1 aliphatic carbocycles. The van der Waals surface area contributed by atoms with Gasteiger partial charge in [0, 0.05) is 4.90 Å². The van der Waals surface area contributed by atoms with Crippen molar-refractivity contribution in [1.29, 1.82) is 0 Å². The summed E-state index contributed by atoms with van der Waals surface area (Å²) in [6.07, 6.45) is -2.36. The summed E-state index contributed by atoms with van der Waals surface area (Å²) in [5.41, 5.74) is 0.0964. The van der Waals surface area contributed by atoms with Crippen LogP contribution in [0.2, 0.25) is 0 Å². The van der Waals surface area contributed by atoms with E-state index >= 15 is 0 Å². The van der Waals surface area contributed by atoms with Crippen molar-refractivity contribution in [3.8, 4) is 0 Å². The lowest BCUT2D eigenvalue weighted by molar-refractivity contribution is -0.137. The molecule has 0 aliphatic heterocycles. The number of hydrogen-bond donors (Lipinski definition) is 1. The van der Waals surface area contributed by atoms with Gasteiger partial charge >= 0.3 is 6.18 Å². The summed E-state index contributed by atoms with van der Waals surface area (Å²) in [4.78, 5) is 0.382. The largest absolute Gasteiger partial charge is 0.416 e. The first kappa shape index (κ1) is 10.9. The molecular formula is C11H11F3S. The highest BCUT2D eigenvalue weighted by Gasteiger charge is 2.41. The molecule has 1 aliphatic rings. The van der Waals surface area contributed by atoms with Gasteiger partial charge in [0.15, 0.2) is 0 Å².